The summed E-state index contributed by atoms with van der Waals surface area (Å²) in [5.74, 6) is -5.41. The first-order chi connectivity index (χ1) is 12.8. The molecule has 31 heavy (non-hydrogen) atoms. The van der Waals surface area contributed by atoms with Gasteiger partial charge in [-0.25, -0.2) is 5.09 Å². The Morgan fingerprint density at radius 1 is 1.10 bits per heavy atom. The van der Waals surface area contributed by atoms with Crippen LogP contribution in [0.2, 0.25) is 0 Å². The number of carboxylic acid groups (broad SMARTS) is 2. The summed E-state index contributed by atoms with van der Waals surface area (Å²) in [6, 6.07) is -0.299. The van der Waals surface area contributed by atoms with Crippen molar-refractivity contribution in [1.82, 2.24) is 10.4 Å². The SMILES string of the molecule is CC(=O)N[C@H](C(=O)[O-])[C@@H](C)OP(=O)([O-])N[C@@H](Cc1ccc(O)c(O)c1)C(=O)[O-].[K+].[K+].[K+]. The molecule has 4 N–H and O–H groups in total. The Hall–Kier alpha value is 2.25. The molecule has 1 amide bonds. The quantitative estimate of drug-likeness (QED) is 0.126. The van der Waals surface area contributed by atoms with E-state index in [4.69, 9.17) is 0 Å². The van der Waals surface area contributed by atoms with E-state index in [0.29, 0.717) is 0 Å². The Bertz CT molecular complexity index is 813. The van der Waals surface area contributed by atoms with Crippen molar-refractivity contribution in [3.05, 3.63) is 23.8 Å². The fourth-order valence-electron chi connectivity index (χ4n) is 2.20. The largest absolute Gasteiger partial charge is 1.00 e. The molecule has 12 nitrogen and oxygen atoms in total. The second-order valence-corrected chi connectivity index (χ2v) is 7.30. The maximum atomic E-state index is 12.1. The molecule has 0 aliphatic carbocycles. The van der Waals surface area contributed by atoms with Crippen molar-refractivity contribution < 1.29 is 203 Å². The van der Waals surface area contributed by atoms with Gasteiger partial charge in [0.15, 0.2) is 11.5 Å². The van der Waals surface area contributed by atoms with Crippen molar-refractivity contribution in [2.75, 3.05) is 0 Å². The summed E-state index contributed by atoms with van der Waals surface area (Å²) in [5.41, 5.74) is 0.149. The van der Waals surface area contributed by atoms with Crippen LogP contribution in [0.1, 0.15) is 19.4 Å². The molecule has 0 saturated carbocycles. The van der Waals surface area contributed by atoms with Crippen molar-refractivity contribution in [3.63, 3.8) is 0 Å². The number of phenolic OH excluding ortho intramolecular Hbond substituents is 2. The van der Waals surface area contributed by atoms with Gasteiger partial charge in [-0.3, -0.25) is 9.36 Å². The molecule has 0 radical (unpaired) electrons. The van der Waals surface area contributed by atoms with Gasteiger partial charge in [-0.1, -0.05) is 6.07 Å². The van der Waals surface area contributed by atoms with E-state index in [9.17, 15) is 44.3 Å². The van der Waals surface area contributed by atoms with Gasteiger partial charge in [0.1, 0.15) is 0 Å². The summed E-state index contributed by atoms with van der Waals surface area (Å²) < 4.78 is 16.7. The number of hydrogen-bond acceptors (Lipinski definition) is 10. The number of nitrogens with one attached hydrogen (secondary N) is 2. The van der Waals surface area contributed by atoms with Crippen molar-refractivity contribution in [1.29, 1.82) is 0 Å². The Labute approximate surface area is 306 Å². The van der Waals surface area contributed by atoms with Crippen LogP contribution in [-0.2, 0) is 29.9 Å². The Kier molecular flexibility index (Phi) is 21.5. The second-order valence-electron chi connectivity index (χ2n) is 5.83. The van der Waals surface area contributed by atoms with Crippen LogP contribution < -0.4 is 180 Å². The monoisotopic (exact) mass is 534 g/mol. The van der Waals surface area contributed by atoms with Gasteiger partial charge in [0.25, 0.3) is 0 Å². The molecule has 0 heterocycles. The topological polar surface area (TPSA) is 211 Å². The van der Waals surface area contributed by atoms with Gasteiger partial charge in [-0.15, -0.1) is 0 Å². The number of benzene rings is 1. The second kappa shape index (κ2) is 17.6. The molecule has 0 aromatic heterocycles. The van der Waals surface area contributed by atoms with Crippen LogP contribution in [-0.4, -0.2) is 46.2 Å². The zero-order chi connectivity index (χ0) is 21.6. The smallest absolute Gasteiger partial charge is 0.766 e. The maximum Gasteiger partial charge on any atom is 1.00 e. The molecular weight excluding hydrogens is 516 g/mol. The van der Waals surface area contributed by atoms with Gasteiger partial charge in [-0.2, -0.15) is 0 Å². The number of hydrogen-bond donors (Lipinski definition) is 4. The number of carbonyl (C=O) groups excluding carboxylic acids is 3. The average molecular weight is 535 g/mol. The molecule has 0 bridgehead atoms. The number of aromatic hydroxyl groups is 2. The van der Waals surface area contributed by atoms with Crippen LogP contribution in [0, 0.1) is 0 Å². The minimum absolute atomic E-state index is 0. The molecule has 0 fully saturated rings. The summed E-state index contributed by atoms with van der Waals surface area (Å²) in [5, 5.41) is 44.6. The van der Waals surface area contributed by atoms with Gasteiger partial charge >= 0.3 is 154 Å². The molecular formula is C15H18K3N2O10P. The van der Waals surface area contributed by atoms with E-state index in [1.165, 1.54) is 6.07 Å². The van der Waals surface area contributed by atoms with E-state index in [1.54, 1.807) is 5.09 Å². The van der Waals surface area contributed by atoms with Crippen LogP contribution >= 0.6 is 7.75 Å². The van der Waals surface area contributed by atoms with E-state index >= 15 is 0 Å². The van der Waals surface area contributed by atoms with E-state index < -0.39 is 61.7 Å². The molecule has 4 atom stereocenters. The summed E-state index contributed by atoms with van der Waals surface area (Å²) in [6.45, 7) is 2.02. The number of amides is 1. The summed E-state index contributed by atoms with van der Waals surface area (Å²) in [6.07, 6.45) is -2.10. The molecule has 1 rings (SSSR count). The molecule has 16 heteroatoms. The Morgan fingerprint density at radius 3 is 2.06 bits per heavy atom. The number of phenols is 2. The van der Waals surface area contributed by atoms with E-state index in [-0.39, 0.29) is 160 Å². The van der Waals surface area contributed by atoms with E-state index in [2.05, 4.69) is 4.52 Å². The van der Waals surface area contributed by atoms with Crippen LogP contribution in [0.5, 0.6) is 11.5 Å². The first kappa shape index (κ1) is 37.8. The van der Waals surface area contributed by atoms with E-state index in [1.807, 2.05) is 5.32 Å². The summed E-state index contributed by atoms with van der Waals surface area (Å²) in [4.78, 5) is 45.3. The van der Waals surface area contributed by atoms with Crippen LogP contribution in [0.15, 0.2) is 18.2 Å². The molecule has 0 saturated heterocycles. The molecule has 1 unspecified atom stereocenters. The van der Waals surface area contributed by atoms with Crippen LogP contribution in [0.4, 0.5) is 0 Å². The number of rotatable bonds is 10. The van der Waals surface area contributed by atoms with E-state index in [0.717, 1.165) is 26.0 Å². The maximum absolute atomic E-state index is 12.1. The van der Waals surface area contributed by atoms with Crippen LogP contribution in [0.25, 0.3) is 0 Å². The summed E-state index contributed by atoms with van der Waals surface area (Å²) >= 11 is 0. The van der Waals surface area contributed by atoms with Crippen molar-refractivity contribution >= 4 is 25.6 Å². The molecule has 1 aromatic carbocycles. The fraction of sp³-hybridized carbons (Fsp3) is 0.400. The molecule has 0 aliphatic rings. The predicted molar refractivity (Wildman–Crippen MR) is 86.2 cm³/mol. The third-order valence-electron chi connectivity index (χ3n) is 3.47. The minimum atomic E-state index is -5.13. The van der Waals surface area contributed by atoms with Crippen molar-refractivity contribution in [2.45, 2.75) is 38.5 Å². The third kappa shape index (κ3) is 14.4. The predicted octanol–water partition coefficient (Wildman–Crippen LogP) is -12.5. The molecule has 156 valence electrons. The zero-order valence-electron chi connectivity index (χ0n) is 17.8. The van der Waals surface area contributed by atoms with Crippen molar-refractivity contribution in [2.24, 2.45) is 0 Å². The van der Waals surface area contributed by atoms with Gasteiger partial charge in [-0.05, 0) is 31.0 Å². The number of carboxylic acids is 2. The number of carbonyl (C=O) groups is 3. The minimum Gasteiger partial charge on any atom is -0.766 e. The molecule has 0 aliphatic heterocycles. The summed E-state index contributed by atoms with van der Waals surface area (Å²) in [7, 11) is -5.13. The first-order valence-corrected chi connectivity index (χ1v) is 9.33. The van der Waals surface area contributed by atoms with Gasteiger partial charge in [0.05, 0.1) is 30.1 Å². The first-order valence-electron chi connectivity index (χ1n) is 7.79. The molecule has 0 spiro atoms. The normalized spacial score (nSPS) is 14.8. The number of aliphatic carboxylic acids is 2. The fourth-order valence-corrected chi connectivity index (χ4v) is 3.40. The molecule has 1 aromatic rings. The zero-order valence-corrected chi connectivity index (χ0v) is 28.0. The van der Waals surface area contributed by atoms with Crippen LogP contribution in [0.3, 0.4) is 0 Å². The van der Waals surface area contributed by atoms with Gasteiger partial charge in [0.2, 0.25) is 13.7 Å². The average Bonchev–Trinajstić information content (AvgIpc) is 2.54. The van der Waals surface area contributed by atoms with Gasteiger partial charge in [0, 0.05) is 6.92 Å². The Morgan fingerprint density at radius 2 is 1.65 bits per heavy atom. The van der Waals surface area contributed by atoms with Gasteiger partial charge < -0.3 is 44.7 Å². The Balaban J connectivity index is -0.00000261. The third-order valence-corrected chi connectivity index (χ3v) is 4.70. The standard InChI is InChI=1S/C15H21N2O10P.3K/c1-7(13(15(23)24)16-8(2)18)27-28(25,26)17-10(14(21)22)5-9-3-4-11(19)12(20)6-9;;;/h3-4,6-7,10,13,19-20H,5H2,1-2H3,(H,16,18)(H,21,22)(H,23,24)(H2,17,25,26);;;/q;3*+1/p-3/t7-,10+,13+;;;/m1.../s1. The van der Waals surface area contributed by atoms with Crippen molar-refractivity contribution in [3.8, 4) is 11.5 Å².